The van der Waals surface area contributed by atoms with Crippen LogP contribution in [0.3, 0.4) is 0 Å². The zero-order valence-electron chi connectivity index (χ0n) is 16.2. The van der Waals surface area contributed by atoms with Crippen molar-refractivity contribution < 1.29 is 14.3 Å². The standard InChI is InChI=1S/C22H25ClN2O3/c1-15-5-3-4-6-17(15)14-25-11-9-16(10-12-25)21(26)24-18-7-8-20(23)19(13-18)22(27)28-2/h3-8,13,16H,9-12,14H2,1-2H3,(H,24,26). The number of carbonyl (C=O) groups is 2. The van der Waals surface area contributed by atoms with E-state index in [9.17, 15) is 9.59 Å². The maximum Gasteiger partial charge on any atom is 0.339 e. The fraction of sp³-hybridized carbons (Fsp3) is 0.364. The average Bonchev–Trinajstić information content (AvgIpc) is 2.71. The number of aryl methyl sites for hydroxylation is 1. The molecule has 0 radical (unpaired) electrons. The highest BCUT2D eigenvalue weighted by atomic mass is 35.5. The molecule has 1 saturated heterocycles. The van der Waals surface area contributed by atoms with Crippen molar-refractivity contribution in [3.8, 4) is 0 Å². The second kappa shape index (κ2) is 9.22. The van der Waals surface area contributed by atoms with Crippen molar-refractivity contribution >= 4 is 29.2 Å². The Labute approximate surface area is 170 Å². The van der Waals surface area contributed by atoms with Crippen molar-refractivity contribution in [2.75, 3.05) is 25.5 Å². The number of benzene rings is 2. The van der Waals surface area contributed by atoms with Gasteiger partial charge in [0.1, 0.15) is 0 Å². The fourth-order valence-electron chi connectivity index (χ4n) is 3.50. The molecule has 3 rings (SSSR count). The summed E-state index contributed by atoms with van der Waals surface area (Å²) in [5.74, 6) is -0.579. The number of esters is 1. The number of anilines is 1. The van der Waals surface area contributed by atoms with E-state index in [-0.39, 0.29) is 17.4 Å². The molecule has 0 unspecified atom stereocenters. The van der Waals surface area contributed by atoms with Gasteiger partial charge in [-0.15, -0.1) is 0 Å². The third-order valence-corrected chi connectivity index (χ3v) is 5.58. The quantitative estimate of drug-likeness (QED) is 0.761. The van der Waals surface area contributed by atoms with E-state index in [1.54, 1.807) is 18.2 Å². The van der Waals surface area contributed by atoms with E-state index in [1.807, 2.05) is 0 Å². The molecular weight excluding hydrogens is 376 g/mol. The molecule has 1 aliphatic rings. The summed E-state index contributed by atoms with van der Waals surface area (Å²) in [6.07, 6.45) is 1.63. The summed E-state index contributed by atoms with van der Waals surface area (Å²) in [7, 11) is 1.30. The number of halogens is 1. The average molecular weight is 401 g/mol. The molecule has 6 heteroatoms. The Morgan fingerprint density at radius 1 is 1.18 bits per heavy atom. The lowest BCUT2D eigenvalue weighted by Crippen LogP contribution is -2.37. The molecular formula is C22H25ClN2O3. The minimum atomic E-state index is -0.523. The minimum Gasteiger partial charge on any atom is -0.465 e. The zero-order valence-corrected chi connectivity index (χ0v) is 17.0. The van der Waals surface area contributed by atoms with E-state index >= 15 is 0 Å². The molecule has 1 N–H and O–H groups in total. The van der Waals surface area contributed by atoms with Crippen molar-refractivity contribution in [3.05, 3.63) is 64.2 Å². The molecule has 2 aromatic rings. The van der Waals surface area contributed by atoms with E-state index in [0.29, 0.717) is 10.7 Å². The van der Waals surface area contributed by atoms with Gasteiger partial charge in [0, 0.05) is 18.2 Å². The fourth-order valence-corrected chi connectivity index (χ4v) is 3.69. The lowest BCUT2D eigenvalue weighted by atomic mass is 9.95. The van der Waals surface area contributed by atoms with Crippen LogP contribution in [0.4, 0.5) is 5.69 Å². The van der Waals surface area contributed by atoms with Crippen molar-refractivity contribution in [1.29, 1.82) is 0 Å². The minimum absolute atomic E-state index is 0.0197. The maximum atomic E-state index is 12.6. The highest BCUT2D eigenvalue weighted by Crippen LogP contribution is 2.24. The van der Waals surface area contributed by atoms with Gasteiger partial charge in [0.2, 0.25) is 5.91 Å². The number of hydrogen-bond donors (Lipinski definition) is 1. The first-order valence-corrected chi connectivity index (χ1v) is 9.81. The van der Waals surface area contributed by atoms with Crippen molar-refractivity contribution in [2.24, 2.45) is 5.92 Å². The maximum absolute atomic E-state index is 12.6. The van der Waals surface area contributed by atoms with Crippen LogP contribution in [0.5, 0.6) is 0 Å². The summed E-state index contributed by atoms with van der Waals surface area (Å²) >= 11 is 6.03. The molecule has 2 aromatic carbocycles. The Morgan fingerprint density at radius 2 is 1.89 bits per heavy atom. The molecule has 0 aromatic heterocycles. The van der Waals surface area contributed by atoms with Crippen LogP contribution >= 0.6 is 11.6 Å². The predicted molar refractivity (Wildman–Crippen MR) is 111 cm³/mol. The lowest BCUT2D eigenvalue weighted by Gasteiger charge is -2.31. The number of nitrogens with zero attached hydrogens (tertiary/aromatic N) is 1. The van der Waals surface area contributed by atoms with Crippen LogP contribution in [-0.2, 0) is 16.1 Å². The molecule has 1 fully saturated rings. The molecule has 1 heterocycles. The van der Waals surface area contributed by atoms with Gasteiger partial charge in [-0.25, -0.2) is 4.79 Å². The van der Waals surface area contributed by atoms with Crippen molar-refractivity contribution in [2.45, 2.75) is 26.3 Å². The molecule has 0 spiro atoms. The van der Waals surface area contributed by atoms with Gasteiger partial charge in [0.15, 0.2) is 0 Å². The SMILES string of the molecule is COC(=O)c1cc(NC(=O)C2CCN(Cc3ccccc3C)CC2)ccc1Cl. The van der Waals surface area contributed by atoms with Gasteiger partial charge in [-0.3, -0.25) is 9.69 Å². The molecule has 5 nitrogen and oxygen atoms in total. The van der Waals surface area contributed by atoms with Crippen LogP contribution in [0.2, 0.25) is 5.02 Å². The monoisotopic (exact) mass is 400 g/mol. The zero-order chi connectivity index (χ0) is 20.1. The van der Waals surface area contributed by atoms with E-state index in [4.69, 9.17) is 16.3 Å². The Kier molecular flexibility index (Phi) is 6.70. The largest absolute Gasteiger partial charge is 0.465 e. The molecule has 0 atom stereocenters. The third kappa shape index (κ3) is 4.91. The van der Waals surface area contributed by atoms with Gasteiger partial charge in [-0.2, -0.15) is 0 Å². The Balaban J connectivity index is 1.56. The summed E-state index contributed by atoms with van der Waals surface area (Å²) in [6, 6.07) is 13.3. The first-order chi connectivity index (χ1) is 13.5. The lowest BCUT2D eigenvalue weighted by molar-refractivity contribution is -0.121. The third-order valence-electron chi connectivity index (χ3n) is 5.25. The van der Waals surface area contributed by atoms with Gasteiger partial charge in [-0.1, -0.05) is 35.9 Å². The normalized spacial score (nSPS) is 15.2. The van der Waals surface area contributed by atoms with Gasteiger partial charge in [0.05, 0.1) is 17.7 Å². The molecule has 148 valence electrons. The smallest absolute Gasteiger partial charge is 0.339 e. The number of ether oxygens (including phenoxy) is 1. The molecule has 1 aliphatic heterocycles. The van der Waals surface area contributed by atoms with Crippen molar-refractivity contribution in [3.63, 3.8) is 0 Å². The molecule has 0 saturated carbocycles. The number of likely N-dealkylation sites (tertiary alicyclic amines) is 1. The van der Waals surface area contributed by atoms with Crippen LogP contribution in [0, 0.1) is 12.8 Å². The first-order valence-electron chi connectivity index (χ1n) is 9.43. The summed E-state index contributed by atoms with van der Waals surface area (Å²) in [6.45, 7) is 4.83. The number of piperidine rings is 1. The number of methoxy groups -OCH3 is 1. The molecule has 1 amide bonds. The van der Waals surface area contributed by atoms with Gasteiger partial charge < -0.3 is 10.1 Å². The van der Waals surface area contributed by atoms with E-state index in [0.717, 1.165) is 32.5 Å². The van der Waals surface area contributed by atoms with Crippen molar-refractivity contribution in [1.82, 2.24) is 4.90 Å². The second-order valence-electron chi connectivity index (χ2n) is 7.15. The highest BCUT2D eigenvalue weighted by Gasteiger charge is 2.25. The van der Waals surface area contributed by atoms with Crippen LogP contribution in [-0.4, -0.2) is 37.0 Å². The topological polar surface area (TPSA) is 58.6 Å². The van der Waals surface area contributed by atoms with Crippen LogP contribution in [0.15, 0.2) is 42.5 Å². The van der Waals surface area contributed by atoms with Crippen LogP contribution < -0.4 is 5.32 Å². The van der Waals surface area contributed by atoms with E-state index < -0.39 is 5.97 Å². The first kappa shape index (κ1) is 20.4. The highest BCUT2D eigenvalue weighted by molar-refractivity contribution is 6.33. The summed E-state index contributed by atoms with van der Waals surface area (Å²) in [5.41, 5.74) is 3.43. The molecule has 0 bridgehead atoms. The summed E-state index contributed by atoms with van der Waals surface area (Å²) < 4.78 is 4.72. The number of carbonyl (C=O) groups excluding carboxylic acids is 2. The van der Waals surface area contributed by atoms with Gasteiger partial charge >= 0.3 is 5.97 Å². The Hall–Kier alpha value is -2.37. The van der Waals surface area contributed by atoms with Gasteiger partial charge in [-0.05, 0) is 62.2 Å². The number of nitrogens with one attached hydrogen (secondary N) is 1. The Bertz CT molecular complexity index is 861. The van der Waals surface area contributed by atoms with E-state index in [2.05, 4.69) is 41.4 Å². The van der Waals surface area contributed by atoms with E-state index in [1.165, 1.54) is 18.2 Å². The molecule has 0 aliphatic carbocycles. The van der Waals surface area contributed by atoms with Crippen LogP contribution in [0.1, 0.15) is 34.3 Å². The second-order valence-corrected chi connectivity index (χ2v) is 7.56. The summed E-state index contributed by atoms with van der Waals surface area (Å²) in [4.78, 5) is 26.8. The van der Waals surface area contributed by atoms with Gasteiger partial charge in [0.25, 0.3) is 0 Å². The Morgan fingerprint density at radius 3 is 2.57 bits per heavy atom. The molecule has 28 heavy (non-hydrogen) atoms. The number of amides is 1. The number of hydrogen-bond acceptors (Lipinski definition) is 4. The predicted octanol–water partition coefficient (Wildman–Crippen LogP) is 4.29. The van der Waals surface area contributed by atoms with Crippen LogP contribution in [0.25, 0.3) is 0 Å². The number of rotatable bonds is 5. The summed E-state index contributed by atoms with van der Waals surface area (Å²) in [5, 5.41) is 3.21.